The maximum absolute atomic E-state index is 14.6. The molecule has 1 aliphatic carbocycles. The third kappa shape index (κ3) is 10.3. The molecule has 0 spiro atoms. The molecule has 0 radical (unpaired) electrons. The largest absolute Gasteiger partial charge is 0.332 e. The van der Waals surface area contributed by atoms with Crippen LogP contribution in [0.15, 0.2) is 21.7 Å². The quantitative estimate of drug-likeness (QED) is 0.187. The van der Waals surface area contributed by atoms with Crippen LogP contribution in [0, 0.1) is 40.4 Å². The number of carbonyl (C=O) groups excluding carboxylic acids is 5. The number of nitrogens with zero attached hydrogens (tertiary/aromatic N) is 2. The van der Waals surface area contributed by atoms with Crippen LogP contribution in [0.1, 0.15) is 138 Å². The molecule has 2 saturated heterocycles. The third-order valence-electron chi connectivity index (χ3n) is 12.4. The predicted octanol–water partition coefficient (Wildman–Crippen LogP) is 7.91. The highest BCUT2D eigenvalue weighted by molar-refractivity contribution is 7.91. The van der Waals surface area contributed by atoms with Crippen molar-refractivity contribution in [1.29, 1.82) is 0 Å². The van der Waals surface area contributed by atoms with E-state index < -0.39 is 33.7 Å². The van der Waals surface area contributed by atoms with Gasteiger partial charge in [-0.15, -0.1) is 11.3 Å². The van der Waals surface area contributed by atoms with E-state index in [4.69, 9.17) is 0 Å². The van der Waals surface area contributed by atoms with Crippen LogP contribution < -0.4 is 0 Å². The van der Waals surface area contributed by atoms with Gasteiger partial charge in [-0.3, -0.25) is 24.0 Å². The Labute approximate surface area is 317 Å². The Morgan fingerprint density at radius 1 is 1.02 bits per heavy atom. The lowest BCUT2D eigenvalue weighted by Crippen LogP contribution is -2.48. The Morgan fingerprint density at radius 3 is 2.25 bits per heavy atom. The number of hydrogen-bond donors (Lipinski definition) is 0. The SMILES string of the molecule is CCCCC(=O)C(=O)[C@@H]1CCCCCCCCC[C@H](CC(=O)C[C@H](CN(C)S(=O)(=O)c2cccs2)C(C)(C)C)C(=O)N2C[C@H]3[C@@H]([C@H]2C(=O)C1)C3(C)C. The van der Waals surface area contributed by atoms with Crippen molar-refractivity contribution in [2.75, 3.05) is 20.1 Å². The normalized spacial score (nSPS) is 26.8. The Morgan fingerprint density at radius 2 is 1.65 bits per heavy atom. The molecule has 1 amide bonds. The molecule has 292 valence electrons. The molecular formula is C41H64N2O7S2. The first-order valence-electron chi connectivity index (χ1n) is 19.8. The van der Waals surface area contributed by atoms with Gasteiger partial charge in [0.2, 0.25) is 11.7 Å². The predicted molar refractivity (Wildman–Crippen MR) is 205 cm³/mol. The van der Waals surface area contributed by atoms with E-state index in [0.717, 1.165) is 51.4 Å². The first-order valence-corrected chi connectivity index (χ1v) is 22.1. The van der Waals surface area contributed by atoms with E-state index in [-0.39, 0.29) is 88.3 Å². The number of thiophene rings is 1. The van der Waals surface area contributed by atoms with Crippen LogP contribution in [-0.2, 0) is 34.0 Å². The molecule has 2 aliphatic heterocycles. The maximum Gasteiger partial charge on any atom is 0.252 e. The number of sulfonamides is 1. The van der Waals surface area contributed by atoms with E-state index >= 15 is 0 Å². The van der Waals surface area contributed by atoms with E-state index in [2.05, 4.69) is 13.8 Å². The zero-order valence-electron chi connectivity index (χ0n) is 32.8. The van der Waals surface area contributed by atoms with Crippen molar-refractivity contribution < 1.29 is 32.4 Å². The van der Waals surface area contributed by atoms with Gasteiger partial charge in [0.15, 0.2) is 11.6 Å². The zero-order valence-corrected chi connectivity index (χ0v) is 34.4. The summed E-state index contributed by atoms with van der Waals surface area (Å²) in [6, 6.07) is 2.64. The summed E-state index contributed by atoms with van der Waals surface area (Å²) >= 11 is 1.17. The summed E-state index contributed by atoms with van der Waals surface area (Å²) in [4.78, 5) is 70.8. The lowest BCUT2D eigenvalue weighted by molar-refractivity contribution is -0.145. The summed E-state index contributed by atoms with van der Waals surface area (Å²) in [5, 5.41) is 1.73. The van der Waals surface area contributed by atoms with Crippen LogP contribution in [0.3, 0.4) is 0 Å². The fourth-order valence-corrected chi connectivity index (χ4v) is 11.1. The van der Waals surface area contributed by atoms with Gasteiger partial charge >= 0.3 is 0 Å². The first kappa shape index (κ1) is 42.5. The Kier molecular flexibility index (Phi) is 14.7. The van der Waals surface area contributed by atoms with Gasteiger partial charge in [0.25, 0.3) is 10.0 Å². The highest BCUT2D eigenvalue weighted by atomic mass is 32.2. The molecule has 0 N–H and O–H groups in total. The number of carbonyl (C=O) groups is 5. The van der Waals surface area contributed by atoms with Crippen LogP contribution in [0.2, 0.25) is 0 Å². The number of amides is 1. The van der Waals surface area contributed by atoms with Gasteiger partial charge in [-0.2, -0.15) is 4.31 Å². The number of fused-ring (bicyclic) bond motifs is 3. The fourth-order valence-electron chi connectivity index (χ4n) is 8.72. The molecule has 1 aromatic rings. The Hall–Kier alpha value is -2.24. The second-order valence-electron chi connectivity index (χ2n) is 17.6. The van der Waals surface area contributed by atoms with E-state index in [1.807, 2.05) is 27.7 Å². The van der Waals surface area contributed by atoms with Crippen LogP contribution in [0.5, 0.6) is 0 Å². The van der Waals surface area contributed by atoms with Gasteiger partial charge in [0.05, 0.1) is 6.04 Å². The second kappa shape index (κ2) is 17.9. The molecule has 3 aliphatic rings. The number of piperidine rings is 1. The van der Waals surface area contributed by atoms with Crippen LogP contribution in [-0.4, -0.2) is 72.8 Å². The van der Waals surface area contributed by atoms with E-state index in [9.17, 15) is 32.4 Å². The Bertz CT molecular complexity index is 1530. The van der Waals surface area contributed by atoms with Gasteiger partial charge in [-0.1, -0.05) is 99.0 Å². The van der Waals surface area contributed by atoms with Gasteiger partial charge < -0.3 is 4.90 Å². The summed E-state index contributed by atoms with van der Waals surface area (Å²) in [7, 11) is -2.14. The molecule has 3 heterocycles. The lowest BCUT2D eigenvalue weighted by Gasteiger charge is -2.35. The van der Waals surface area contributed by atoms with Crippen molar-refractivity contribution in [2.24, 2.45) is 40.4 Å². The minimum Gasteiger partial charge on any atom is -0.332 e. The van der Waals surface area contributed by atoms with Gasteiger partial charge in [-0.25, -0.2) is 8.42 Å². The summed E-state index contributed by atoms with van der Waals surface area (Å²) in [5.74, 6) is -2.51. The maximum atomic E-state index is 14.6. The highest BCUT2D eigenvalue weighted by Crippen LogP contribution is 2.65. The van der Waals surface area contributed by atoms with Crippen LogP contribution in [0.4, 0.5) is 0 Å². The molecular weight excluding hydrogens is 697 g/mol. The summed E-state index contributed by atoms with van der Waals surface area (Å²) < 4.78 is 28.1. The molecule has 1 saturated carbocycles. The van der Waals surface area contributed by atoms with E-state index in [1.54, 1.807) is 29.5 Å². The molecule has 4 rings (SSSR count). The van der Waals surface area contributed by atoms with Gasteiger partial charge in [-0.05, 0) is 59.3 Å². The molecule has 0 aromatic carbocycles. The molecule has 0 bridgehead atoms. The summed E-state index contributed by atoms with van der Waals surface area (Å²) in [5.41, 5.74) is -0.473. The van der Waals surface area contributed by atoms with Crippen LogP contribution >= 0.6 is 11.3 Å². The number of ketones is 4. The van der Waals surface area contributed by atoms with Crippen molar-refractivity contribution in [1.82, 2.24) is 9.21 Å². The summed E-state index contributed by atoms with van der Waals surface area (Å²) in [6.45, 7) is 12.9. The van der Waals surface area contributed by atoms with Gasteiger partial charge in [0, 0.05) is 57.7 Å². The number of unbranched alkanes of at least 4 members (excludes halogenated alkanes) is 1. The lowest BCUT2D eigenvalue weighted by atomic mass is 9.76. The van der Waals surface area contributed by atoms with Crippen LogP contribution in [0.25, 0.3) is 0 Å². The average molecular weight is 761 g/mol. The van der Waals surface area contributed by atoms with Crippen molar-refractivity contribution in [3.05, 3.63) is 17.5 Å². The molecule has 1 aromatic heterocycles. The second-order valence-corrected chi connectivity index (χ2v) is 20.8. The minimum absolute atomic E-state index is 0.00293. The average Bonchev–Trinajstić information content (AvgIpc) is 3.53. The number of Topliss-reactive ketones (excluding diaryl/α,β-unsaturated/α-hetero) is 4. The third-order valence-corrected chi connectivity index (χ3v) is 15.6. The fraction of sp³-hybridized carbons (Fsp3) is 0.780. The van der Waals surface area contributed by atoms with Gasteiger partial charge in [0.1, 0.15) is 9.99 Å². The van der Waals surface area contributed by atoms with Crippen molar-refractivity contribution >= 4 is 50.4 Å². The molecule has 11 heteroatoms. The number of rotatable bonds is 13. The molecule has 52 heavy (non-hydrogen) atoms. The molecule has 0 unspecified atom stereocenters. The topological polar surface area (TPSA) is 126 Å². The monoisotopic (exact) mass is 760 g/mol. The van der Waals surface area contributed by atoms with Crippen molar-refractivity contribution in [3.63, 3.8) is 0 Å². The molecule has 3 fully saturated rings. The standard InChI is InChI=1S/C41H64N2O7S2/c1-8-9-20-33(45)38(47)28-18-15-13-11-10-12-14-16-19-29(39(48)43-27-32-36(41(32,5)6)37(43)34(46)24-28)23-31(44)25-30(40(2,3)4)26-42(7)52(49,50)35-21-17-22-51-35/h17,21-22,28-30,32,36-37H,8-16,18-20,23-27H2,1-7H3/t28-,29-,30-,32+,36+,37-/m1/s1. The summed E-state index contributed by atoms with van der Waals surface area (Å²) in [6.07, 6.45) is 9.48. The molecule has 9 nitrogen and oxygen atoms in total. The highest BCUT2D eigenvalue weighted by Gasteiger charge is 2.69. The smallest absolute Gasteiger partial charge is 0.252 e. The number of hydrogen-bond acceptors (Lipinski definition) is 8. The van der Waals surface area contributed by atoms with Crippen molar-refractivity contribution in [2.45, 2.75) is 148 Å². The van der Waals surface area contributed by atoms with E-state index in [0.29, 0.717) is 25.8 Å². The Balaban J connectivity index is 1.55. The zero-order chi connectivity index (χ0) is 38.4. The van der Waals surface area contributed by atoms with E-state index in [1.165, 1.54) is 15.6 Å². The molecule has 6 atom stereocenters. The van der Waals surface area contributed by atoms with Crippen molar-refractivity contribution in [3.8, 4) is 0 Å². The minimum atomic E-state index is -3.69. The first-order chi connectivity index (χ1) is 24.4.